The Bertz CT molecular complexity index is 172. The number of hydrogen-bond donors (Lipinski definition) is 4. The van der Waals surface area contributed by atoms with E-state index in [-0.39, 0.29) is 6.10 Å². The van der Waals surface area contributed by atoms with Crippen molar-refractivity contribution in [3.8, 4) is 0 Å². The smallest absolute Gasteiger partial charge is 0.115 e. The highest BCUT2D eigenvalue weighted by Gasteiger charge is 2.39. The normalized spacial score (nSPS) is 31.8. The molecule has 1 saturated carbocycles. The summed E-state index contributed by atoms with van der Waals surface area (Å²) in [5, 5.41) is 32.9. The molecule has 1 rings (SSSR count). The maximum Gasteiger partial charge on any atom is 0.115 e. The lowest BCUT2D eigenvalue weighted by Crippen LogP contribution is -2.35. The highest BCUT2D eigenvalue weighted by Crippen LogP contribution is 2.27. The summed E-state index contributed by atoms with van der Waals surface area (Å²) in [4.78, 5) is 9.09. The van der Waals surface area contributed by atoms with Gasteiger partial charge >= 0.3 is 0 Å². The van der Waals surface area contributed by atoms with Crippen LogP contribution in [0.3, 0.4) is 0 Å². The quantitative estimate of drug-likeness (QED) is 0.463. The summed E-state index contributed by atoms with van der Waals surface area (Å²) in [5.74, 6) is 0. The van der Waals surface area contributed by atoms with E-state index in [2.05, 4.69) is 9.68 Å². The molecular weight excluding hydrogens is 212 g/mol. The van der Waals surface area contributed by atoms with Crippen molar-refractivity contribution < 1.29 is 35.2 Å². The van der Waals surface area contributed by atoms with Gasteiger partial charge in [0.25, 0.3) is 0 Å². The molecule has 9 heteroatoms. The molecule has 0 aromatic heterocycles. The molecule has 1 aliphatic rings. The third kappa shape index (κ3) is 3.95. The first kappa shape index (κ1) is 12.7. The van der Waals surface area contributed by atoms with E-state index >= 15 is 0 Å². The number of rotatable bonds is 5. The third-order valence-electron chi connectivity index (χ3n) is 2.20. The summed E-state index contributed by atoms with van der Waals surface area (Å²) in [7, 11) is 1.48. The zero-order chi connectivity index (χ0) is 11.4. The van der Waals surface area contributed by atoms with Crippen LogP contribution in [0.2, 0.25) is 0 Å². The molecule has 0 spiro atoms. The Morgan fingerprint density at radius 2 is 1.33 bits per heavy atom. The van der Waals surface area contributed by atoms with Crippen molar-refractivity contribution in [3.05, 3.63) is 0 Å². The highest BCUT2D eigenvalue weighted by atomic mass is 17.1. The minimum Gasteiger partial charge on any atom is -0.381 e. The first-order chi connectivity index (χ1) is 7.02. The van der Waals surface area contributed by atoms with Gasteiger partial charge in [0.2, 0.25) is 0 Å². The van der Waals surface area contributed by atoms with Gasteiger partial charge in [-0.1, -0.05) is 0 Å². The summed E-state index contributed by atoms with van der Waals surface area (Å²) >= 11 is 0. The summed E-state index contributed by atoms with van der Waals surface area (Å²) in [6.07, 6.45) is -1.02. The van der Waals surface area contributed by atoms with Crippen molar-refractivity contribution in [1.82, 2.24) is 10.8 Å². The van der Waals surface area contributed by atoms with Crippen molar-refractivity contribution in [2.75, 3.05) is 7.11 Å². The first-order valence-electron chi connectivity index (χ1n) is 4.25. The van der Waals surface area contributed by atoms with E-state index in [1.807, 2.05) is 0 Å². The van der Waals surface area contributed by atoms with E-state index in [0.717, 1.165) is 0 Å². The predicted octanol–water partition coefficient (Wildman–Crippen LogP) is -0.444. The molecule has 0 saturated heterocycles. The number of nitrogens with zero attached hydrogens (tertiary/aromatic N) is 2. The molecule has 0 aliphatic heterocycles. The van der Waals surface area contributed by atoms with Gasteiger partial charge in [0.15, 0.2) is 0 Å². The van der Waals surface area contributed by atoms with Crippen LogP contribution in [0.25, 0.3) is 0 Å². The summed E-state index contributed by atoms with van der Waals surface area (Å²) in [6, 6.07) is 0. The topological polar surface area (TPSA) is 115 Å². The standard InChI is InChI=1S/C6H14N2O7/c1-13-4-2-5(14-7(9)10)6(3-4)15-8(11)12/h4-6,9-12H,2-3H2,1H3/t4-,5-,6+. The maximum atomic E-state index is 8.46. The second kappa shape index (κ2) is 5.65. The molecule has 9 nitrogen and oxygen atoms in total. The zero-order valence-corrected chi connectivity index (χ0v) is 8.05. The molecule has 0 heterocycles. The highest BCUT2D eigenvalue weighted by molar-refractivity contribution is 4.85. The molecule has 15 heavy (non-hydrogen) atoms. The Morgan fingerprint density at radius 3 is 1.60 bits per heavy atom. The fraction of sp³-hybridized carbons (Fsp3) is 1.00. The van der Waals surface area contributed by atoms with Crippen LogP contribution in [0, 0.1) is 0 Å². The molecule has 90 valence electrons. The molecule has 0 unspecified atom stereocenters. The monoisotopic (exact) mass is 226 g/mol. The molecule has 0 aromatic carbocycles. The van der Waals surface area contributed by atoms with Crippen LogP contribution >= 0.6 is 0 Å². The molecule has 4 N–H and O–H groups in total. The van der Waals surface area contributed by atoms with E-state index in [9.17, 15) is 0 Å². The molecule has 1 aliphatic carbocycles. The first-order valence-corrected chi connectivity index (χ1v) is 4.25. The molecule has 0 aromatic rings. The van der Waals surface area contributed by atoms with Crippen molar-refractivity contribution in [1.29, 1.82) is 0 Å². The van der Waals surface area contributed by atoms with Gasteiger partial charge in [-0.3, -0.25) is 20.8 Å². The van der Waals surface area contributed by atoms with Crippen molar-refractivity contribution in [2.24, 2.45) is 0 Å². The van der Waals surface area contributed by atoms with Gasteiger partial charge in [0.05, 0.1) is 16.9 Å². The molecule has 1 fully saturated rings. The van der Waals surface area contributed by atoms with Gasteiger partial charge in [-0.05, 0) is 0 Å². The second-order valence-electron chi connectivity index (χ2n) is 3.12. The SMILES string of the molecule is CO[C@H]1C[C@H](ON(O)O)[C@H](ON(O)O)C1. The maximum absolute atomic E-state index is 8.46. The Kier molecular flexibility index (Phi) is 4.79. The van der Waals surface area contributed by atoms with Gasteiger partial charge in [-0.2, -0.15) is 0 Å². The average Bonchev–Trinajstić information content (AvgIpc) is 2.46. The Hall–Kier alpha value is -0.360. The van der Waals surface area contributed by atoms with Crippen LogP contribution in [-0.2, 0) is 14.4 Å². The van der Waals surface area contributed by atoms with Crippen LogP contribution in [-0.4, -0.2) is 57.0 Å². The van der Waals surface area contributed by atoms with Crippen molar-refractivity contribution in [3.63, 3.8) is 0 Å². The van der Waals surface area contributed by atoms with Gasteiger partial charge in [0, 0.05) is 20.0 Å². The third-order valence-corrected chi connectivity index (χ3v) is 2.20. The Labute approximate surface area is 85.3 Å². The Morgan fingerprint density at radius 1 is 0.933 bits per heavy atom. The van der Waals surface area contributed by atoms with Gasteiger partial charge in [0.1, 0.15) is 12.2 Å². The lowest BCUT2D eigenvalue weighted by molar-refractivity contribution is -0.535. The lowest BCUT2D eigenvalue weighted by Gasteiger charge is -2.20. The van der Waals surface area contributed by atoms with Crippen molar-refractivity contribution in [2.45, 2.75) is 31.2 Å². The van der Waals surface area contributed by atoms with Crippen LogP contribution in [0.1, 0.15) is 12.8 Å². The van der Waals surface area contributed by atoms with E-state index in [4.69, 9.17) is 25.6 Å². The van der Waals surface area contributed by atoms with Crippen molar-refractivity contribution >= 4 is 0 Å². The molecular formula is C6H14N2O7. The minimum absolute atomic E-state index is 0.208. The van der Waals surface area contributed by atoms with E-state index in [1.165, 1.54) is 7.11 Å². The molecule has 0 amide bonds. The van der Waals surface area contributed by atoms with Gasteiger partial charge < -0.3 is 4.74 Å². The predicted molar refractivity (Wildman–Crippen MR) is 40.6 cm³/mol. The van der Waals surface area contributed by atoms with E-state index in [0.29, 0.717) is 12.8 Å². The minimum atomic E-state index is -0.744. The molecule has 0 radical (unpaired) electrons. The fourth-order valence-corrected chi connectivity index (χ4v) is 1.57. The van der Waals surface area contributed by atoms with Gasteiger partial charge in [-0.25, -0.2) is 9.68 Å². The molecule has 0 bridgehead atoms. The van der Waals surface area contributed by atoms with Crippen LogP contribution in [0.5, 0.6) is 0 Å². The lowest BCUT2D eigenvalue weighted by atomic mass is 10.3. The largest absolute Gasteiger partial charge is 0.381 e. The summed E-state index contributed by atoms with van der Waals surface area (Å²) in [5.41, 5.74) is 0. The average molecular weight is 226 g/mol. The number of methoxy groups -OCH3 is 1. The summed E-state index contributed by atoms with van der Waals surface area (Å²) < 4.78 is 5.01. The molecule has 3 atom stereocenters. The van der Waals surface area contributed by atoms with Crippen LogP contribution in [0.15, 0.2) is 0 Å². The summed E-state index contributed by atoms with van der Waals surface area (Å²) in [6.45, 7) is 0. The van der Waals surface area contributed by atoms with E-state index < -0.39 is 23.0 Å². The van der Waals surface area contributed by atoms with E-state index in [1.54, 1.807) is 0 Å². The van der Waals surface area contributed by atoms with Crippen LogP contribution < -0.4 is 0 Å². The fourth-order valence-electron chi connectivity index (χ4n) is 1.57. The second-order valence-corrected chi connectivity index (χ2v) is 3.12. The number of ether oxygens (including phenoxy) is 1. The zero-order valence-electron chi connectivity index (χ0n) is 8.05. The number of hydrogen-bond acceptors (Lipinski definition) is 9. The Balaban J connectivity index is 2.49. The van der Waals surface area contributed by atoms with Gasteiger partial charge in [-0.15, -0.1) is 0 Å². The van der Waals surface area contributed by atoms with Crippen LogP contribution in [0.4, 0.5) is 0 Å².